The molecule has 1 saturated heterocycles. The average Bonchev–Trinajstić information content (AvgIpc) is 2.90. The normalized spacial score (nSPS) is 16.7. The minimum absolute atomic E-state index is 0.229. The molecule has 0 aliphatic carbocycles. The number of esters is 1. The molecule has 2 rings (SSSR count). The third kappa shape index (κ3) is 5.04. The lowest BCUT2D eigenvalue weighted by atomic mass is 10.2. The molecule has 150 valence electrons. The highest BCUT2D eigenvalue weighted by molar-refractivity contribution is 7.89. The van der Waals surface area contributed by atoms with Crippen molar-refractivity contribution in [3.63, 3.8) is 0 Å². The summed E-state index contributed by atoms with van der Waals surface area (Å²) in [5.74, 6) is -2.31. The molecule has 1 aromatic carbocycles. The Labute approximate surface area is 159 Å². The van der Waals surface area contributed by atoms with E-state index in [1.54, 1.807) is 4.90 Å². The Bertz CT molecular complexity index is 802. The fraction of sp³-hybridized carbons (Fsp3) is 0.556. The fourth-order valence-corrected chi connectivity index (χ4v) is 3.78. The lowest BCUT2D eigenvalue weighted by Gasteiger charge is -2.24. The van der Waals surface area contributed by atoms with Crippen LogP contribution in [0.4, 0.5) is 4.39 Å². The van der Waals surface area contributed by atoms with Crippen LogP contribution in [-0.2, 0) is 19.6 Å². The van der Waals surface area contributed by atoms with E-state index in [-0.39, 0.29) is 10.8 Å². The first-order valence-electron chi connectivity index (χ1n) is 8.86. The van der Waals surface area contributed by atoms with Gasteiger partial charge in [-0.15, -0.1) is 0 Å². The van der Waals surface area contributed by atoms with E-state index in [1.165, 1.54) is 21.0 Å². The van der Waals surface area contributed by atoms with Gasteiger partial charge in [-0.25, -0.2) is 21.9 Å². The summed E-state index contributed by atoms with van der Waals surface area (Å²) in [7, 11) is -1.17. The highest BCUT2D eigenvalue weighted by Gasteiger charge is 2.27. The van der Waals surface area contributed by atoms with Crippen LogP contribution in [0.2, 0.25) is 0 Å². The molecule has 0 saturated carbocycles. The Hall–Kier alpha value is -2.00. The molecule has 1 aliphatic heterocycles. The van der Waals surface area contributed by atoms with Crippen molar-refractivity contribution in [3.05, 3.63) is 29.6 Å². The molecular weight excluding hydrogens is 375 g/mol. The Morgan fingerprint density at radius 1 is 1.15 bits per heavy atom. The summed E-state index contributed by atoms with van der Waals surface area (Å²) in [6.07, 6.45) is 2.81. The van der Waals surface area contributed by atoms with Gasteiger partial charge in [0.25, 0.3) is 5.91 Å². The van der Waals surface area contributed by atoms with Crippen molar-refractivity contribution in [1.82, 2.24) is 9.21 Å². The number of carbonyl (C=O) groups excluding carboxylic acids is 2. The van der Waals surface area contributed by atoms with Gasteiger partial charge in [-0.05, 0) is 38.0 Å². The first-order valence-corrected chi connectivity index (χ1v) is 10.3. The second kappa shape index (κ2) is 8.79. The molecule has 0 bridgehead atoms. The highest BCUT2D eigenvalue weighted by atomic mass is 32.2. The number of benzene rings is 1. The molecule has 1 aliphatic rings. The van der Waals surface area contributed by atoms with Crippen LogP contribution in [0.3, 0.4) is 0 Å². The van der Waals surface area contributed by atoms with Crippen molar-refractivity contribution in [2.24, 2.45) is 0 Å². The number of nitrogens with zero attached hydrogens (tertiary/aromatic N) is 2. The molecule has 1 aromatic rings. The number of hydrogen-bond donors (Lipinski definition) is 0. The average molecular weight is 400 g/mol. The maximum Gasteiger partial charge on any atom is 0.341 e. The lowest BCUT2D eigenvalue weighted by Crippen LogP contribution is -2.40. The van der Waals surface area contributed by atoms with Gasteiger partial charge < -0.3 is 9.64 Å². The summed E-state index contributed by atoms with van der Waals surface area (Å²) in [5.41, 5.74) is -0.520. The molecule has 1 atom stereocenters. The standard InChI is InChI=1S/C18H25FN2O5S/c1-13(17(22)21-10-6-4-5-7-11-21)26-18(23)15-12-14(8-9-16(15)19)27(24,25)20(2)3/h8-9,12-13H,4-7,10-11H2,1-3H3/t13-/m0/s1. The van der Waals surface area contributed by atoms with Gasteiger partial charge in [0, 0.05) is 27.2 Å². The van der Waals surface area contributed by atoms with Crippen LogP contribution in [0.5, 0.6) is 0 Å². The molecule has 0 unspecified atom stereocenters. The number of ether oxygens (including phenoxy) is 1. The number of sulfonamides is 1. The molecule has 0 aromatic heterocycles. The first kappa shape index (κ1) is 21.3. The molecule has 1 fully saturated rings. The monoisotopic (exact) mass is 400 g/mol. The van der Waals surface area contributed by atoms with E-state index in [0.717, 1.165) is 48.2 Å². The van der Waals surface area contributed by atoms with Crippen molar-refractivity contribution < 1.29 is 27.1 Å². The van der Waals surface area contributed by atoms with Gasteiger partial charge in [0.05, 0.1) is 10.5 Å². The number of halogens is 1. The van der Waals surface area contributed by atoms with E-state index in [9.17, 15) is 22.4 Å². The predicted molar refractivity (Wildman–Crippen MR) is 97.2 cm³/mol. The SMILES string of the molecule is C[C@H](OC(=O)c1cc(S(=O)(=O)N(C)C)ccc1F)C(=O)N1CCCCCC1. The Morgan fingerprint density at radius 2 is 1.74 bits per heavy atom. The van der Waals surface area contributed by atoms with Crippen LogP contribution >= 0.6 is 0 Å². The largest absolute Gasteiger partial charge is 0.449 e. The molecule has 1 heterocycles. The van der Waals surface area contributed by atoms with Crippen LogP contribution in [0, 0.1) is 5.82 Å². The zero-order valence-electron chi connectivity index (χ0n) is 15.8. The second-order valence-corrected chi connectivity index (χ2v) is 8.87. The number of amides is 1. The third-order valence-corrected chi connectivity index (χ3v) is 6.30. The van der Waals surface area contributed by atoms with E-state index in [2.05, 4.69) is 0 Å². The zero-order chi connectivity index (χ0) is 20.2. The van der Waals surface area contributed by atoms with E-state index in [4.69, 9.17) is 4.74 Å². The Balaban J connectivity index is 2.16. The molecule has 0 N–H and O–H groups in total. The zero-order valence-corrected chi connectivity index (χ0v) is 16.6. The van der Waals surface area contributed by atoms with Gasteiger partial charge in [-0.3, -0.25) is 4.79 Å². The minimum atomic E-state index is -3.83. The first-order chi connectivity index (χ1) is 12.6. The van der Waals surface area contributed by atoms with E-state index in [1.807, 2.05) is 0 Å². The number of carbonyl (C=O) groups is 2. The third-order valence-electron chi connectivity index (χ3n) is 4.49. The highest BCUT2D eigenvalue weighted by Crippen LogP contribution is 2.19. The van der Waals surface area contributed by atoms with Gasteiger partial charge in [0.2, 0.25) is 10.0 Å². The smallest absolute Gasteiger partial charge is 0.341 e. The molecular formula is C18H25FN2O5S. The maximum atomic E-state index is 14.1. The van der Waals surface area contributed by atoms with Crippen LogP contribution in [0.25, 0.3) is 0 Å². The van der Waals surface area contributed by atoms with Crippen molar-refractivity contribution in [3.8, 4) is 0 Å². The summed E-state index contributed by atoms with van der Waals surface area (Å²) < 4.78 is 44.5. The lowest BCUT2D eigenvalue weighted by molar-refractivity contribution is -0.139. The quantitative estimate of drug-likeness (QED) is 0.706. The Kier molecular flexibility index (Phi) is 6.94. The molecule has 1 amide bonds. The number of rotatable bonds is 5. The van der Waals surface area contributed by atoms with Crippen molar-refractivity contribution in [1.29, 1.82) is 0 Å². The van der Waals surface area contributed by atoms with Gasteiger partial charge in [-0.1, -0.05) is 12.8 Å². The van der Waals surface area contributed by atoms with Gasteiger partial charge >= 0.3 is 5.97 Å². The topological polar surface area (TPSA) is 84.0 Å². The van der Waals surface area contributed by atoms with Gasteiger partial charge in [0.1, 0.15) is 5.82 Å². The maximum absolute atomic E-state index is 14.1. The summed E-state index contributed by atoms with van der Waals surface area (Å²) in [6.45, 7) is 2.64. The molecule has 0 radical (unpaired) electrons. The van der Waals surface area contributed by atoms with Gasteiger partial charge in [0.15, 0.2) is 6.10 Å². The summed E-state index contributed by atoms with van der Waals surface area (Å²) in [6, 6.07) is 2.90. The minimum Gasteiger partial charge on any atom is -0.449 e. The van der Waals surface area contributed by atoms with Crippen LogP contribution in [-0.4, -0.2) is 62.8 Å². The summed E-state index contributed by atoms with van der Waals surface area (Å²) in [5, 5.41) is 0. The van der Waals surface area contributed by atoms with E-state index in [0.29, 0.717) is 13.1 Å². The van der Waals surface area contributed by atoms with Crippen molar-refractivity contribution in [2.45, 2.75) is 43.6 Å². The van der Waals surface area contributed by atoms with Gasteiger partial charge in [-0.2, -0.15) is 0 Å². The number of likely N-dealkylation sites (tertiary alicyclic amines) is 1. The van der Waals surface area contributed by atoms with Crippen LogP contribution in [0.15, 0.2) is 23.1 Å². The molecule has 9 heteroatoms. The second-order valence-electron chi connectivity index (χ2n) is 6.72. The van der Waals surface area contributed by atoms with Crippen LogP contribution in [0.1, 0.15) is 43.0 Å². The van der Waals surface area contributed by atoms with Crippen molar-refractivity contribution in [2.75, 3.05) is 27.2 Å². The van der Waals surface area contributed by atoms with E-state index >= 15 is 0 Å². The van der Waals surface area contributed by atoms with E-state index < -0.39 is 33.5 Å². The molecule has 0 spiro atoms. The summed E-state index contributed by atoms with van der Waals surface area (Å²) in [4.78, 5) is 26.2. The molecule has 7 nitrogen and oxygen atoms in total. The fourth-order valence-electron chi connectivity index (χ4n) is 2.85. The Morgan fingerprint density at radius 3 is 2.30 bits per heavy atom. The summed E-state index contributed by atoms with van der Waals surface area (Å²) >= 11 is 0. The van der Waals surface area contributed by atoms with Crippen LogP contribution < -0.4 is 0 Å². The molecule has 27 heavy (non-hydrogen) atoms. The number of hydrogen-bond acceptors (Lipinski definition) is 5. The predicted octanol–water partition coefficient (Wildman–Crippen LogP) is 2.02. The van der Waals surface area contributed by atoms with Crippen molar-refractivity contribution >= 4 is 21.9 Å².